The lowest BCUT2D eigenvalue weighted by molar-refractivity contribution is -0.136. The van der Waals surface area contributed by atoms with Crippen molar-refractivity contribution in [2.24, 2.45) is 0 Å². The molecule has 0 aliphatic rings. The number of carbonyl (C=O) groups excluding carboxylic acids is 2. The Labute approximate surface area is 131 Å². The minimum absolute atomic E-state index is 0.0571. The molecule has 0 aromatic heterocycles. The minimum Gasteiger partial charge on any atom is -0.504 e. The van der Waals surface area contributed by atoms with Gasteiger partial charge < -0.3 is 20.5 Å². The summed E-state index contributed by atoms with van der Waals surface area (Å²) in [5, 5.41) is 14.5. The van der Waals surface area contributed by atoms with Gasteiger partial charge in [-0.3, -0.25) is 9.59 Å². The summed E-state index contributed by atoms with van der Waals surface area (Å²) in [4.78, 5) is 23.5. The van der Waals surface area contributed by atoms with Gasteiger partial charge in [0.1, 0.15) is 5.82 Å². The van der Waals surface area contributed by atoms with E-state index in [1.54, 1.807) is 18.2 Å². The number of nitrogens with one attached hydrogen (secondary N) is 2. The van der Waals surface area contributed by atoms with Crippen LogP contribution in [0.2, 0.25) is 0 Å². The SMILES string of the molecule is COc1cccc(CNC(=O)C(=O)Nc2cccc(F)c2)c1O. The highest BCUT2D eigenvalue weighted by Gasteiger charge is 2.15. The van der Waals surface area contributed by atoms with Crippen LogP contribution < -0.4 is 15.4 Å². The topological polar surface area (TPSA) is 87.7 Å². The molecule has 0 atom stereocenters. The zero-order valence-electron chi connectivity index (χ0n) is 12.3. The van der Waals surface area contributed by atoms with Crippen LogP contribution in [-0.4, -0.2) is 24.0 Å². The van der Waals surface area contributed by atoms with Crippen LogP contribution in [0.5, 0.6) is 11.5 Å². The van der Waals surface area contributed by atoms with Gasteiger partial charge in [-0.1, -0.05) is 18.2 Å². The van der Waals surface area contributed by atoms with Crippen LogP contribution in [0.15, 0.2) is 42.5 Å². The lowest BCUT2D eigenvalue weighted by Crippen LogP contribution is -2.35. The first-order chi connectivity index (χ1) is 11.0. The largest absolute Gasteiger partial charge is 0.504 e. The second-order valence-electron chi connectivity index (χ2n) is 4.62. The highest BCUT2D eigenvalue weighted by atomic mass is 19.1. The predicted molar refractivity (Wildman–Crippen MR) is 81.5 cm³/mol. The van der Waals surface area contributed by atoms with E-state index in [2.05, 4.69) is 10.6 Å². The number of amides is 2. The van der Waals surface area contributed by atoms with Crippen molar-refractivity contribution < 1.29 is 23.8 Å². The average molecular weight is 318 g/mol. The molecule has 0 heterocycles. The van der Waals surface area contributed by atoms with Gasteiger partial charge >= 0.3 is 11.8 Å². The molecule has 0 aliphatic heterocycles. The maximum Gasteiger partial charge on any atom is 0.313 e. The van der Waals surface area contributed by atoms with E-state index in [0.717, 1.165) is 6.07 Å². The number of methoxy groups -OCH3 is 1. The normalized spacial score (nSPS) is 10.0. The molecule has 0 aliphatic carbocycles. The number of rotatable bonds is 4. The third-order valence-electron chi connectivity index (χ3n) is 3.03. The molecule has 2 aromatic rings. The fourth-order valence-electron chi connectivity index (χ4n) is 1.89. The number of aromatic hydroxyl groups is 1. The van der Waals surface area contributed by atoms with Gasteiger partial charge in [-0.15, -0.1) is 0 Å². The van der Waals surface area contributed by atoms with Crippen molar-refractivity contribution in [3.05, 3.63) is 53.8 Å². The summed E-state index contributed by atoms with van der Waals surface area (Å²) >= 11 is 0. The fraction of sp³-hybridized carbons (Fsp3) is 0.125. The fourth-order valence-corrected chi connectivity index (χ4v) is 1.89. The van der Waals surface area contributed by atoms with Crippen LogP contribution in [0.3, 0.4) is 0 Å². The summed E-state index contributed by atoms with van der Waals surface area (Å²) in [6.45, 7) is -0.0571. The minimum atomic E-state index is -0.932. The van der Waals surface area contributed by atoms with Crippen LogP contribution in [0.25, 0.3) is 0 Å². The molecule has 0 saturated heterocycles. The Hall–Kier alpha value is -3.09. The van der Waals surface area contributed by atoms with Gasteiger partial charge in [0, 0.05) is 17.8 Å². The van der Waals surface area contributed by atoms with Crippen LogP contribution in [0, 0.1) is 5.82 Å². The molecule has 0 spiro atoms. The summed E-state index contributed by atoms with van der Waals surface area (Å²) in [5.41, 5.74) is 0.575. The van der Waals surface area contributed by atoms with Gasteiger partial charge in [-0.05, 0) is 24.3 Å². The Balaban J connectivity index is 1.95. The van der Waals surface area contributed by atoms with E-state index in [0.29, 0.717) is 5.56 Å². The molecule has 2 amide bonds. The van der Waals surface area contributed by atoms with Crippen molar-refractivity contribution in [1.82, 2.24) is 5.32 Å². The second kappa shape index (κ2) is 7.26. The average Bonchev–Trinajstić information content (AvgIpc) is 2.53. The van der Waals surface area contributed by atoms with E-state index in [1.165, 1.54) is 25.3 Å². The molecule has 120 valence electrons. The van der Waals surface area contributed by atoms with Gasteiger partial charge in [-0.2, -0.15) is 0 Å². The Bertz CT molecular complexity index is 734. The number of hydrogen-bond acceptors (Lipinski definition) is 4. The number of phenols is 1. The van der Waals surface area contributed by atoms with Crippen molar-refractivity contribution in [2.75, 3.05) is 12.4 Å². The van der Waals surface area contributed by atoms with Crippen LogP contribution in [0.1, 0.15) is 5.56 Å². The zero-order chi connectivity index (χ0) is 16.8. The molecule has 0 radical (unpaired) electrons. The molecular formula is C16H15FN2O4. The first kappa shape index (κ1) is 16.3. The van der Waals surface area contributed by atoms with Gasteiger partial charge in [0.15, 0.2) is 11.5 Å². The summed E-state index contributed by atoms with van der Waals surface area (Å²) in [6.07, 6.45) is 0. The van der Waals surface area contributed by atoms with Crippen LogP contribution >= 0.6 is 0 Å². The molecule has 23 heavy (non-hydrogen) atoms. The van der Waals surface area contributed by atoms with Crippen LogP contribution in [0.4, 0.5) is 10.1 Å². The summed E-state index contributed by atoms with van der Waals surface area (Å²) in [7, 11) is 1.41. The maximum atomic E-state index is 13.0. The number of carbonyl (C=O) groups is 2. The highest BCUT2D eigenvalue weighted by molar-refractivity contribution is 6.39. The molecule has 0 fully saturated rings. The number of para-hydroxylation sites is 1. The van der Waals surface area contributed by atoms with Crippen molar-refractivity contribution in [2.45, 2.75) is 6.54 Å². The molecule has 2 aromatic carbocycles. The quantitative estimate of drug-likeness (QED) is 0.750. The van der Waals surface area contributed by atoms with E-state index < -0.39 is 17.6 Å². The third-order valence-corrected chi connectivity index (χ3v) is 3.03. The third kappa shape index (κ3) is 4.19. The molecule has 6 nitrogen and oxygen atoms in total. The van der Waals surface area contributed by atoms with Gasteiger partial charge in [0.25, 0.3) is 0 Å². The van der Waals surface area contributed by atoms with Gasteiger partial charge in [0.05, 0.1) is 7.11 Å². The molecule has 3 N–H and O–H groups in total. The molecule has 0 saturated carbocycles. The van der Waals surface area contributed by atoms with Gasteiger partial charge in [-0.25, -0.2) is 4.39 Å². The molecule has 2 rings (SSSR count). The second-order valence-corrected chi connectivity index (χ2v) is 4.62. The standard InChI is InChI=1S/C16H15FN2O4/c1-23-13-7-2-4-10(14(13)20)9-18-15(21)16(22)19-12-6-3-5-11(17)8-12/h2-8,20H,9H2,1H3,(H,18,21)(H,19,22). The van der Waals surface area contributed by atoms with E-state index >= 15 is 0 Å². The summed E-state index contributed by atoms with van der Waals surface area (Å²) in [6, 6.07) is 9.99. The Morgan fingerprint density at radius 2 is 1.91 bits per heavy atom. The lowest BCUT2D eigenvalue weighted by atomic mass is 10.2. The summed E-state index contributed by atoms with van der Waals surface area (Å²) in [5.74, 6) is -2.21. The van der Waals surface area contributed by atoms with Crippen molar-refractivity contribution >= 4 is 17.5 Å². The van der Waals surface area contributed by atoms with Crippen molar-refractivity contribution in [3.63, 3.8) is 0 Å². The maximum absolute atomic E-state index is 13.0. The molecular weight excluding hydrogens is 303 g/mol. The number of benzene rings is 2. The van der Waals surface area contributed by atoms with Crippen molar-refractivity contribution in [3.8, 4) is 11.5 Å². The van der Waals surface area contributed by atoms with Crippen molar-refractivity contribution in [1.29, 1.82) is 0 Å². The number of anilines is 1. The Kier molecular flexibility index (Phi) is 5.14. The van der Waals surface area contributed by atoms with E-state index in [1.807, 2.05) is 0 Å². The number of ether oxygens (including phenoxy) is 1. The molecule has 7 heteroatoms. The highest BCUT2D eigenvalue weighted by Crippen LogP contribution is 2.29. The number of halogens is 1. The lowest BCUT2D eigenvalue weighted by Gasteiger charge is -2.10. The number of hydrogen-bond donors (Lipinski definition) is 3. The molecule has 0 bridgehead atoms. The first-order valence-corrected chi connectivity index (χ1v) is 6.71. The first-order valence-electron chi connectivity index (χ1n) is 6.71. The monoisotopic (exact) mass is 318 g/mol. The van der Waals surface area contributed by atoms with E-state index in [-0.39, 0.29) is 23.7 Å². The van der Waals surface area contributed by atoms with E-state index in [4.69, 9.17) is 4.74 Å². The Morgan fingerprint density at radius 1 is 1.17 bits per heavy atom. The smallest absolute Gasteiger partial charge is 0.313 e. The van der Waals surface area contributed by atoms with E-state index in [9.17, 15) is 19.1 Å². The Morgan fingerprint density at radius 3 is 2.61 bits per heavy atom. The van der Waals surface area contributed by atoms with Gasteiger partial charge in [0.2, 0.25) is 0 Å². The predicted octanol–water partition coefficient (Wildman–Crippen LogP) is 1.79. The summed E-state index contributed by atoms with van der Waals surface area (Å²) < 4.78 is 18.0. The van der Waals surface area contributed by atoms with Crippen LogP contribution in [-0.2, 0) is 16.1 Å². The molecule has 0 unspecified atom stereocenters. The number of phenolic OH excluding ortho intramolecular Hbond substituents is 1. The zero-order valence-corrected chi connectivity index (χ0v) is 12.3.